The number of carbonyl (C=O) groups is 1. The van der Waals surface area contributed by atoms with E-state index in [2.05, 4.69) is 10.2 Å². The van der Waals surface area contributed by atoms with Gasteiger partial charge in [0.15, 0.2) is 0 Å². The fourth-order valence-electron chi connectivity index (χ4n) is 3.83. The summed E-state index contributed by atoms with van der Waals surface area (Å²) in [6, 6.07) is 8.10. The zero-order chi connectivity index (χ0) is 15.5. The Kier molecular flexibility index (Phi) is 4.52. The summed E-state index contributed by atoms with van der Waals surface area (Å²) in [4.78, 5) is 13.8. The molecule has 2 N–H and O–H groups in total. The summed E-state index contributed by atoms with van der Waals surface area (Å²) in [7, 11) is 0. The molecule has 2 aliphatic heterocycles. The predicted octanol–water partition coefficient (Wildman–Crippen LogP) is 1.90. The molecule has 0 spiro atoms. The molecule has 0 radical (unpaired) electrons. The highest BCUT2D eigenvalue weighted by Crippen LogP contribution is 2.35. The second-order valence-corrected chi connectivity index (χ2v) is 6.28. The quantitative estimate of drug-likeness (QED) is 0.816. The van der Waals surface area contributed by atoms with Gasteiger partial charge in [0.1, 0.15) is 18.1 Å². The van der Waals surface area contributed by atoms with Gasteiger partial charge in [-0.2, -0.15) is 0 Å². The van der Waals surface area contributed by atoms with Crippen LogP contribution in [-0.4, -0.2) is 47.2 Å². The Bertz CT molecular complexity index is 503. The number of fused-ring (bicyclic) bond motifs is 2. The van der Waals surface area contributed by atoms with E-state index in [9.17, 15) is 9.90 Å². The molecule has 0 aromatic heterocycles. The number of benzene rings is 1. The Balaban J connectivity index is 1.40. The lowest BCUT2D eigenvalue weighted by Gasteiger charge is -2.38. The number of rotatable bonds is 5. The summed E-state index contributed by atoms with van der Waals surface area (Å²) in [6.45, 7) is 3.09. The third-order valence-corrected chi connectivity index (χ3v) is 4.74. The van der Waals surface area contributed by atoms with Gasteiger partial charge in [-0.15, -0.1) is 0 Å². The normalized spacial score (nSPS) is 27.0. The molecule has 2 heterocycles. The van der Waals surface area contributed by atoms with E-state index in [0.29, 0.717) is 24.7 Å². The molecule has 2 fully saturated rings. The van der Waals surface area contributed by atoms with Crippen LogP contribution in [-0.2, 0) is 4.79 Å². The van der Waals surface area contributed by atoms with Gasteiger partial charge < -0.3 is 20.1 Å². The van der Waals surface area contributed by atoms with Gasteiger partial charge in [-0.3, -0.25) is 4.79 Å². The Morgan fingerprint density at radius 2 is 1.91 bits per heavy atom. The van der Waals surface area contributed by atoms with Crippen molar-refractivity contribution in [1.29, 1.82) is 0 Å². The lowest BCUT2D eigenvalue weighted by Crippen LogP contribution is -2.51. The molecule has 1 aromatic rings. The summed E-state index contributed by atoms with van der Waals surface area (Å²) >= 11 is 0. The number of phenols is 1. The molecule has 120 valence electrons. The van der Waals surface area contributed by atoms with Crippen LogP contribution < -0.4 is 10.1 Å². The fourth-order valence-corrected chi connectivity index (χ4v) is 3.83. The molecule has 2 saturated heterocycles. The van der Waals surface area contributed by atoms with Gasteiger partial charge in [-0.05, 0) is 49.9 Å². The molecule has 3 atom stereocenters. The van der Waals surface area contributed by atoms with Crippen LogP contribution in [0.5, 0.6) is 11.5 Å². The van der Waals surface area contributed by atoms with Crippen LogP contribution in [0.4, 0.5) is 0 Å². The third kappa shape index (κ3) is 3.35. The molecule has 1 amide bonds. The van der Waals surface area contributed by atoms with Crippen LogP contribution in [0, 0.1) is 0 Å². The van der Waals surface area contributed by atoms with Crippen LogP contribution in [0.15, 0.2) is 24.3 Å². The van der Waals surface area contributed by atoms with Crippen molar-refractivity contribution in [3.63, 3.8) is 0 Å². The molecule has 0 unspecified atom stereocenters. The maximum absolute atomic E-state index is 11.7. The van der Waals surface area contributed by atoms with Gasteiger partial charge in [0, 0.05) is 31.6 Å². The van der Waals surface area contributed by atoms with E-state index >= 15 is 0 Å². The summed E-state index contributed by atoms with van der Waals surface area (Å²) in [5.74, 6) is 1.24. The van der Waals surface area contributed by atoms with E-state index in [1.807, 2.05) is 0 Å². The molecule has 3 rings (SSSR count). The van der Waals surface area contributed by atoms with E-state index in [0.717, 1.165) is 38.0 Å². The van der Waals surface area contributed by atoms with E-state index in [-0.39, 0.29) is 11.7 Å². The van der Waals surface area contributed by atoms with Crippen molar-refractivity contribution in [2.45, 2.75) is 50.7 Å². The van der Waals surface area contributed by atoms with Crippen molar-refractivity contribution in [3.05, 3.63) is 24.3 Å². The van der Waals surface area contributed by atoms with Gasteiger partial charge >= 0.3 is 0 Å². The van der Waals surface area contributed by atoms with Crippen molar-refractivity contribution < 1.29 is 14.6 Å². The summed E-state index contributed by atoms with van der Waals surface area (Å²) in [6.07, 6.45) is 4.39. The van der Waals surface area contributed by atoms with Gasteiger partial charge in [0.25, 0.3) is 0 Å². The first-order chi connectivity index (χ1) is 10.6. The zero-order valence-corrected chi connectivity index (χ0v) is 13.0. The zero-order valence-electron chi connectivity index (χ0n) is 13.0. The van der Waals surface area contributed by atoms with Crippen molar-refractivity contribution in [2.75, 3.05) is 13.2 Å². The lowest BCUT2D eigenvalue weighted by molar-refractivity contribution is -0.133. The molecule has 2 aliphatic rings. The first-order valence-corrected chi connectivity index (χ1v) is 8.07. The highest BCUT2D eigenvalue weighted by atomic mass is 16.5. The van der Waals surface area contributed by atoms with E-state index < -0.39 is 0 Å². The minimum absolute atomic E-state index is 0.224. The number of amides is 1. The number of ether oxygens (including phenoxy) is 1. The number of piperidine rings is 1. The van der Waals surface area contributed by atoms with Gasteiger partial charge in [-0.25, -0.2) is 0 Å². The van der Waals surface area contributed by atoms with Crippen LogP contribution in [0.25, 0.3) is 0 Å². The number of phenolic OH excluding ortho intramolecular Hbond substituents is 1. The number of hydrogen-bond donors (Lipinski definition) is 2. The predicted molar refractivity (Wildman–Crippen MR) is 84.0 cm³/mol. The number of aromatic hydroxyl groups is 1. The largest absolute Gasteiger partial charge is 0.508 e. The highest BCUT2D eigenvalue weighted by Gasteiger charge is 2.41. The average molecular weight is 304 g/mol. The molecular formula is C17H24N2O3. The van der Waals surface area contributed by atoms with Crippen LogP contribution in [0.1, 0.15) is 32.6 Å². The smallest absolute Gasteiger partial charge is 0.219 e. The minimum atomic E-state index is 0.224. The first kappa shape index (κ1) is 15.2. The summed E-state index contributed by atoms with van der Waals surface area (Å²) < 4.78 is 5.64. The SMILES string of the molecule is CC(=O)N1[C@@H]2CC[C@H]1C[C@H](NCCOc1ccc(O)cc1)C2. The Labute approximate surface area is 131 Å². The summed E-state index contributed by atoms with van der Waals surface area (Å²) in [5.41, 5.74) is 0. The minimum Gasteiger partial charge on any atom is -0.508 e. The van der Waals surface area contributed by atoms with Gasteiger partial charge in [-0.1, -0.05) is 0 Å². The van der Waals surface area contributed by atoms with Crippen LogP contribution in [0.2, 0.25) is 0 Å². The molecule has 1 aromatic carbocycles. The van der Waals surface area contributed by atoms with Gasteiger partial charge in [0.2, 0.25) is 5.91 Å². The summed E-state index contributed by atoms with van der Waals surface area (Å²) in [5, 5.41) is 12.8. The maximum Gasteiger partial charge on any atom is 0.219 e. The topological polar surface area (TPSA) is 61.8 Å². The van der Waals surface area contributed by atoms with E-state index in [4.69, 9.17) is 4.74 Å². The molecule has 2 bridgehead atoms. The molecule has 5 heteroatoms. The van der Waals surface area contributed by atoms with Gasteiger partial charge in [0.05, 0.1) is 0 Å². The maximum atomic E-state index is 11.7. The molecule has 0 saturated carbocycles. The monoisotopic (exact) mass is 304 g/mol. The molecule has 0 aliphatic carbocycles. The van der Waals surface area contributed by atoms with Crippen LogP contribution in [0.3, 0.4) is 0 Å². The number of hydrogen-bond acceptors (Lipinski definition) is 4. The molecule has 22 heavy (non-hydrogen) atoms. The van der Waals surface area contributed by atoms with Crippen molar-refractivity contribution >= 4 is 5.91 Å². The Morgan fingerprint density at radius 1 is 1.27 bits per heavy atom. The lowest BCUT2D eigenvalue weighted by atomic mass is 9.97. The second-order valence-electron chi connectivity index (χ2n) is 6.28. The number of carbonyl (C=O) groups excluding carboxylic acids is 1. The third-order valence-electron chi connectivity index (χ3n) is 4.74. The van der Waals surface area contributed by atoms with Crippen molar-refractivity contribution in [1.82, 2.24) is 10.2 Å². The van der Waals surface area contributed by atoms with Crippen molar-refractivity contribution in [3.8, 4) is 11.5 Å². The van der Waals surface area contributed by atoms with E-state index in [1.165, 1.54) is 0 Å². The highest BCUT2D eigenvalue weighted by molar-refractivity contribution is 5.74. The molecular weight excluding hydrogens is 280 g/mol. The fraction of sp³-hybridized carbons (Fsp3) is 0.588. The first-order valence-electron chi connectivity index (χ1n) is 8.07. The molecule has 5 nitrogen and oxygen atoms in total. The average Bonchev–Trinajstić information content (AvgIpc) is 2.77. The Hall–Kier alpha value is -1.75. The standard InChI is InChI=1S/C17H24N2O3/c1-12(20)19-14-2-3-15(19)11-13(10-14)18-8-9-22-17-6-4-16(21)5-7-17/h4-7,13-15,18,21H,2-3,8-11H2,1H3/t13-,14-,15+. The Morgan fingerprint density at radius 3 is 2.50 bits per heavy atom. The van der Waals surface area contributed by atoms with E-state index in [1.54, 1.807) is 31.2 Å². The van der Waals surface area contributed by atoms with Crippen molar-refractivity contribution in [2.24, 2.45) is 0 Å². The number of nitrogens with zero attached hydrogens (tertiary/aromatic N) is 1. The second kappa shape index (κ2) is 6.57. The number of nitrogens with one attached hydrogen (secondary N) is 1. The van der Waals surface area contributed by atoms with Crippen LogP contribution >= 0.6 is 0 Å².